The van der Waals surface area contributed by atoms with Crippen molar-refractivity contribution in [1.82, 2.24) is 5.48 Å². The number of benzene rings is 1. The number of halogens is 3. The molecule has 1 aromatic rings. The Morgan fingerprint density at radius 3 is 2.44 bits per heavy atom. The van der Waals surface area contributed by atoms with Crippen molar-refractivity contribution in [2.75, 3.05) is 19.8 Å². The van der Waals surface area contributed by atoms with Gasteiger partial charge in [0.15, 0.2) is 14.6 Å². The van der Waals surface area contributed by atoms with E-state index in [1.807, 2.05) is 12.2 Å². The quantitative estimate of drug-likeness (QED) is 0.294. The van der Waals surface area contributed by atoms with E-state index in [0.717, 1.165) is 29.6 Å². The Morgan fingerprint density at radius 2 is 1.86 bits per heavy atom. The number of carbonyl (C=O) groups excluding carboxylic acids is 1. The second-order valence-electron chi connectivity index (χ2n) is 9.14. The molecule has 1 saturated carbocycles. The van der Waals surface area contributed by atoms with Gasteiger partial charge < -0.3 is 9.47 Å². The van der Waals surface area contributed by atoms with Gasteiger partial charge in [0.05, 0.1) is 11.5 Å². The summed E-state index contributed by atoms with van der Waals surface area (Å²) in [6.45, 7) is 0.131. The summed E-state index contributed by atoms with van der Waals surface area (Å²) in [7, 11) is -4.13. The lowest BCUT2D eigenvalue weighted by Gasteiger charge is -2.34. The second kappa shape index (κ2) is 10.4. The lowest BCUT2D eigenvalue weighted by atomic mass is 9.73. The highest BCUT2D eigenvalue weighted by Gasteiger charge is 2.52. The van der Waals surface area contributed by atoms with Crippen molar-refractivity contribution in [2.24, 2.45) is 5.92 Å². The lowest BCUT2D eigenvalue weighted by molar-refractivity contribution is -0.137. The Bertz CT molecular complexity index is 1180. The van der Waals surface area contributed by atoms with E-state index >= 15 is 0 Å². The number of alkyl halides is 3. The predicted octanol–water partition coefficient (Wildman–Crippen LogP) is 4.49. The molecule has 11 heteroatoms. The molecule has 0 radical (unpaired) electrons. The Labute approximate surface area is 207 Å². The van der Waals surface area contributed by atoms with Crippen LogP contribution in [0, 0.1) is 5.92 Å². The summed E-state index contributed by atoms with van der Waals surface area (Å²) >= 11 is 0. The molecule has 0 spiro atoms. The average molecular weight is 528 g/mol. The summed E-state index contributed by atoms with van der Waals surface area (Å²) in [5.74, 6) is -0.358. The largest absolute Gasteiger partial charge is 0.494 e. The first-order chi connectivity index (χ1) is 17.1. The number of fused-ring (bicyclic) bond motifs is 1. The van der Waals surface area contributed by atoms with Crippen LogP contribution in [0.25, 0.3) is 5.57 Å². The van der Waals surface area contributed by atoms with Gasteiger partial charge in [-0.05, 0) is 67.5 Å². The highest BCUT2D eigenvalue weighted by molar-refractivity contribution is 7.93. The van der Waals surface area contributed by atoms with E-state index in [1.54, 1.807) is 18.2 Å². The molecule has 4 rings (SSSR count). The molecule has 3 aliphatic rings. The average Bonchev–Trinajstić information content (AvgIpc) is 2.96. The number of carbonyl (C=O) groups is 1. The number of sulfone groups is 1. The van der Waals surface area contributed by atoms with Crippen LogP contribution in [0.3, 0.4) is 0 Å². The lowest BCUT2D eigenvalue weighted by Crippen LogP contribution is -2.54. The van der Waals surface area contributed by atoms with Gasteiger partial charge in [0.25, 0.3) is 5.91 Å². The number of hydrogen-bond donors (Lipinski definition) is 2. The zero-order valence-electron chi connectivity index (χ0n) is 19.5. The molecule has 196 valence electrons. The fraction of sp³-hybridized carbons (Fsp3) is 0.480. The van der Waals surface area contributed by atoms with E-state index in [0.29, 0.717) is 5.76 Å². The summed E-state index contributed by atoms with van der Waals surface area (Å²) < 4.78 is 73.0. The van der Waals surface area contributed by atoms with Gasteiger partial charge in [-0.3, -0.25) is 10.0 Å². The molecule has 1 unspecified atom stereocenters. The number of hydrogen-bond acceptors (Lipinski definition) is 6. The molecule has 2 aliphatic carbocycles. The maximum Gasteiger partial charge on any atom is 0.389 e. The van der Waals surface area contributed by atoms with Crippen molar-refractivity contribution in [3.8, 4) is 0 Å². The third-order valence-corrected chi connectivity index (χ3v) is 9.52. The fourth-order valence-corrected chi connectivity index (χ4v) is 6.76. The van der Waals surface area contributed by atoms with Crippen LogP contribution < -0.4 is 5.48 Å². The molecule has 1 aromatic carbocycles. The Kier molecular flexibility index (Phi) is 7.63. The van der Waals surface area contributed by atoms with E-state index < -0.39 is 33.1 Å². The minimum Gasteiger partial charge on any atom is -0.494 e. The molecule has 2 fully saturated rings. The number of hydroxylamine groups is 1. The van der Waals surface area contributed by atoms with Crippen LogP contribution >= 0.6 is 0 Å². The molecule has 1 saturated heterocycles. The molecular weight excluding hydrogens is 499 g/mol. The summed E-state index contributed by atoms with van der Waals surface area (Å²) in [5, 5.41) is 9.21. The standard InChI is InChI=1S/C25H28F3NO6S/c26-25(27,28)10-1-13-35-19-5-9-21(22-8-4-18(22)16-19)17-2-6-20(7-3-17)36(32,33)24(23(30)29-31)11-14-34-15-12-24/h2-3,5-7,9,16,22,31H,1,4,8,10-15H2,(H,29,30). The van der Waals surface area contributed by atoms with E-state index in [4.69, 9.17) is 9.47 Å². The first kappa shape index (κ1) is 26.4. The molecule has 2 N–H and O–H groups in total. The van der Waals surface area contributed by atoms with Crippen LogP contribution in [-0.2, 0) is 24.1 Å². The van der Waals surface area contributed by atoms with Crippen LogP contribution in [0.15, 0.2) is 58.7 Å². The van der Waals surface area contributed by atoms with Gasteiger partial charge in [-0.1, -0.05) is 23.8 Å². The molecule has 0 aromatic heterocycles. The van der Waals surface area contributed by atoms with Crippen LogP contribution in [0.2, 0.25) is 0 Å². The smallest absolute Gasteiger partial charge is 0.389 e. The normalized spacial score (nSPS) is 21.7. The zero-order chi connectivity index (χ0) is 26.0. The van der Waals surface area contributed by atoms with Gasteiger partial charge in [-0.2, -0.15) is 13.2 Å². The number of amides is 1. The summed E-state index contributed by atoms with van der Waals surface area (Å²) in [6, 6.07) is 6.28. The van der Waals surface area contributed by atoms with Crippen molar-refractivity contribution in [2.45, 2.75) is 54.3 Å². The predicted molar refractivity (Wildman–Crippen MR) is 124 cm³/mol. The van der Waals surface area contributed by atoms with Crippen molar-refractivity contribution in [3.05, 3.63) is 59.4 Å². The van der Waals surface area contributed by atoms with E-state index in [2.05, 4.69) is 0 Å². The molecular formula is C25H28F3NO6S. The third-order valence-electron chi connectivity index (χ3n) is 7.00. The SMILES string of the molecule is O=C(NO)C1(S(=O)(=O)c2ccc(C3=CC=C(OCCCC(F)(F)F)C=C4CCC43)cc2)CCOCC1. The minimum atomic E-state index is -4.21. The van der Waals surface area contributed by atoms with Crippen molar-refractivity contribution in [3.63, 3.8) is 0 Å². The Hall–Kier alpha value is -2.63. The highest BCUT2D eigenvalue weighted by Crippen LogP contribution is 2.45. The fourth-order valence-electron chi connectivity index (χ4n) is 4.83. The number of ether oxygens (including phenoxy) is 2. The minimum absolute atomic E-state index is 0.0282. The maximum absolute atomic E-state index is 13.5. The molecule has 1 aliphatic heterocycles. The second-order valence-corrected chi connectivity index (χ2v) is 11.4. The molecule has 1 atom stereocenters. The molecule has 1 amide bonds. The number of nitrogens with one attached hydrogen (secondary N) is 1. The van der Waals surface area contributed by atoms with Crippen molar-refractivity contribution in [1.29, 1.82) is 0 Å². The van der Waals surface area contributed by atoms with Gasteiger partial charge >= 0.3 is 6.18 Å². The molecule has 7 nitrogen and oxygen atoms in total. The van der Waals surface area contributed by atoms with Crippen LogP contribution in [0.1, 0.15) is 44.1 Å². The maximum atomic E-state index is 13.5. The van der Waals surface area contributed by atoms with Gasteiger partial charge in [0.2, 0.25) is 0 Å². The molecule has 0 bridgehead atoms. The van der Waals surface area contributed by atoms with Gasteiger partial charge in [0, 0.05) is 25.6 Å². The van der Waals surface area contributed by atoms with E-state index in [9.17, 15) is 31.6 Å². The third kappa shape index (κ3) is 5.23. The summed E-state index contributed by atoms with van der Waals surface area (Å²) in [4.78, 5) is 12.4. The van der Waals surface area contributed by atoms with Crippen molar-refractivity contribution >= 4 is 21.3 Å². The van der Waals surface area contributed by atoms with Gasteiger partial charge in [-0.15, -0.1) is 0 Å². The first-order valence-electron chi connectivity index (χ1n) is 11.8. The highest BCUT2D eigenvalue weighted by atomic mass is 32.2. The van der Waals surface area contributed by atoms with Crippen molar-refractivity contribution < 1.29 is 41.1 Å². The van der Waals surface area contributed by atoms with E-state index in [1.165, 1.54) is 17.6 Å². The number of allylic oxidation sites excluding steroid dienone is 5. The topological polar surface area (TPSA) is 102 Å². The Morgan fingerprint density at radius 1 is 1.17 bits per heavy atom. The molecule has 1 heterocycles. The van der Waals surface area contributed by atoms with Crippen LogP contribution in [-0.4, -0.2) is 50.3 Å². The van der Waals surface area contributed by atoms with Gasteiger partial charge in [0.1, 0.15) is 5.76 Å². The summed E-state index contributed by atoms with van der Waals surface area (Å²) in [5.41, 5.74) is 4.37. The molecule has 36 heavy (non-hydrogen) atoms. The number of rotatable bonds is 8. The monoisotopic (exact) mass is 527 g/mol. The first-order valence-corrected chi connectivity index (χ1v) is 13.2. The van der Waals surface area contributed by atoms with E-state index in [-0.39, 0.29) is 49.9 Å². The zero-order valence-corrected chi connectivity index (χ0v) is 20.3. The van der Waals surface area contributed by atoms with Crippen LogP contribution in [0.5, 0.6) is 0 Å². The Balaban J connectivity index is 1.54. The van der Waals surface area contributed by atoms with Crippen LogP contribution in [0.4, 0.5) is 13.2 Å². The van der Waals surface area contributed by atoms with Gasteiger partial charge in [-0.25, -0.2) is 13.9 Å². The summed E-state index contributed by atoms with van der Waals surface area (Å²) in [6.07, 6.45) is 1.82.